The lowest BCUT2D eigenvalue weighted by atomic mass is 10.0. The van der Waals surface area contributed by atoms with Gasteiger partial charge in [0, 0.05) is 26.0 Å². The predicted molar refractivity (Wildman–Crippen MR) is 195 cm³/mol. The first kappa shape index (κ1) is 51.4. The van der Waals surface area contributed by atoms with Crippen LogP contribution in [0.15, 0.2) is 83.0 Å². The van der Waals surface area contributed by atoms with Crippen LogP contribution in [0.25, 0.3) is 0 Å². The molecule has 0 spiro atoms. The Hall–Kier alpha value is -4.00. The number of nitrogens with zero attached hydrogens (tertiary/aromatic N) is 3. The van der Waals surface area contributed by atoms with Crippen molar-refractivity contribution in [3.05, 3.63) is 106 Å². The fourth-order valence-corrected chi connectivity index (χ4v) is 3.59. The molecule has 3 N–H and O–H groups in total. The van der Waals surface area contributed by atoms with Gasteiger partial charge in [0.2, 0.25) is 0 Å². The van der Waals surface area contributed by atoms with Crippen molar-refractivity contribution in [2.45, 2.75) is 99.6 Å². The fraction of sp³-hybridized carbons (Fsp3) is 0.459. The van der Waals surface area contributed by atoms with Gasteiger partial charge >= 0.3 is 23.7 Å². The van der Waals surface area contributed by atoms with E-state index in [1.807, 2.05) is 39.8 Å². The molecule has 14 heteroatoms. The van der Waals surface area contributed by atoms with Crippen LogP contribution < -0.4 is 0 Å². The molecule has 0 amide bonds. The third-order valence-corrected chi connectivity index (χ3v) is 6.24. The summed E-state index contributed by atoms with van der Waals surface area (Å²) in [6.45, 7) is 12.9. The molecule has 0 aliphatic carbocycles. The number of carboxylic acids is 1. The first-order chi connectivity index (χ1) is 23.3. The number of hydrogen-bond donors (Lipinski definition) is 4. The van der Waals surface area contributed by atoms with E-state index in [-0.39, 0.29) is 19.6 Å². The number of thiol groups is 1. The molecule has 7 nitrogen and oxygen atoms in total. The molecular weight excluding hydrogens is 694 g/mol. The number of rotatable bonds is 6. The SMILES string of the molecule is C.CC(=O)O.CCO.CCS.CCc1ccc(C(C)=[N+]=N)cc1.CCc1ccc(C2(C(F)(F)F)N=N2)cc1.CCc1ccc(CC(F)(F)F)cc1. The summed E-state index contributed by atoms with van der Waals surface area (Å²) in [6, 6.07) is 20.9. The molecule has 1 heterocycles. The number of aliphatic carboxylic acids is 1. The Balaban J connectivity index is -0.000000596. The van der Waals surface area contributed by atoms with E-state index in [0.717, 1.165) is 54.3 Å². The number of carboxylic acid groups (broad SMARTS) is 1. The van der Waals surface area contributed by atoms with Crippen LogP contribution in [0.4, 0.5) is 26.3 Å². The van der Waals surface area contributed by atoms with E-state index in [9.17, 15) is 26.3 Å². The molecule has 0 saturated carbocycles. The van der Waals surface area contributed by atoms with E-state index in [4.69, 9.17) is 20.5 Å². The molecule has 0 atom stereocenters. The van der Waals surface area contributed by atoms with Crippen molar-refractivity contribution in [3.8, 4) is 0 Å². The molecule has 0 saturated heterocycles. The van der Waals surface area contributed by atoms with Gasteiger partial charge in [0.25, 0.3) is 5.97 Å². The van der Waals surface area contributed by atoms with Crippen molar-refractivity contribution in [1.29, 1.82) is 5.53 Å². The van der Waals surface area contributed by atoms with Gasteiger partial charge in [0.05, 0.1) is 22.3 Å². The zero-order chi connectivity index (χ0) is 39.0. The summed E-state index contributed by atoms with van der Waals surface area (Å²) in [6.07, 6.45) is -6.66. The van der Waals surface area contributed by atoms with Crippen molar-refractivity contribution in [3.63, 3.8) is 0 Å². The molecule has 51 heavy (non-hydrogen) atoms. The molecule has 0 aromatic heterocycles. The topological polar surface area (TPSA) is 120 Å². The Bertz CT molecular complexity index is 1430. The Morgan fingerprint density at radius 1 is 0.745 bits per heavy atom. The zero-order valence-corrected chi connectivity index (χ0v) is 30.4. The summed E-state index contributed by atoms with van der Waals surface area (Å²) < 4.78 is 73.5. The molecule has 4 rings (SSSR count). The number of carbonyl (C=O) groups is 1. The number of halogens is 6. The van der Waals surface area contributed by atoms with Crippen LogP contribution in [-0.4, -0.2) is 51.4 Å². The van der Waals surface area contributed by atoms with Crippen molar-refractivity contribution < 1.29 is 46.1 Å². The molecule has 3 aromatic carbocycles. The minimum Gasteiger partial charge on any atom is -0.481 e. The standard InChI is InChI=1S/C10H9F3N2.C10H11F3.C10H13N2.C2H4O2.C2H6O.C2H6S.CH4/c1-2-7-3-5-8(6-4-7)9(14-15-9)10(11,12)13;1-2-8-3-5-9(6-4-8)7-10(11,12)13;1-3-9-4-6-10(7-5-9)8(2)12-11;1-2(3)4;2*1-2-3;/h3-6H,2H2,1H3;3-6H,2,7H2,1H3;4-7,11H,3H2,1-2H3;1H3,(H,3,4);2*3H,2H2,1H3;1H4/q;;+1;;;;. The molecular formula is C37H53F6N4O3S+. The molecule has 0 fully saturated rings. The summed E-state index contributed by atoms with van der Waals surface area (Å²) in [4.78, 5) is 12.4. The highest BCUT2D eigenvalue weighted by molar-refractivity contribution is 7.80. The average molecular weight is 748 g/mol. The third kappa shape index (κ3) is 22.4. The van der Waals surface area contributed by atoms with E-state index in [1.165, 1.54) is 29.8 Å². The van der Waals surface area contributed by atoms with Gasteiger partial charge in [-0.25, -0.2) is 0 Å². The Kier molecular flexibility index (Phi) is 27.0. The van der Waals surface area contributed by atoms with Gasteiger partial charge in [-0.3, -0.25) is 4.79 Å². The maximum atomic E-state index is 12.6. The molecule has 3 aromatic rings. The van der Waals surface area contributed by atoms with Gasteiger partial charge in [0.15, 0.2) is 0 Å². The number of aliphatic hydroxyl groups is 1. The average Bonchev–Trinajstić information content (AvgIpc) is 3.88. The van der Waals surface area contributed by atoms with Gasteiger partial charge in [-0.05, 0) is 66.3 Å². The quantitative estimate of drug-likeness (QED) is 0.0660. The number of alkyl halides is 6. The van der Waals surface area contributed by atoms with E-state index < -0.39 is 30.4 Å². The molecule has 1 aliphatic rings. The Morgan fingerprint density at radius 3 is 1.29 bits per heavy atom. The minimum atomic E-state index is -4.43. The second kappa shape index (κ2) is 26.8. The lowest BCUT2D eigenvalue weighted by Gasteiger charge is -2.14. The number of hydrogen-bond acceptors (Lipinski definition) is 6. The van der Waals surface area contributed by atoms with E-state index >= 15 is 0 Å². The number of aliphatic hydroxyl groups excluding tert-OH is 1. The van der Waals surface area contributed by atoms with E-state index in [0.29, 0.717) is 5.56 Å². The zero-order valence-electron chi connectivity index (χ0n) is 29.5. The normalized spacial score (nSPS) is 11.6. The monoisotopic (exact) mass is 747 g/mol. The first-order valence-corrected chi connectivity index (χ1v) is 16.4. The van der Waals surface area contributed by atoms with Gasteiger partial charge in [-0.15, -0.1) is 10.2 Å². The van der Waals surface area contributed by atoms with Crippen molar-refractivity contribution >= 4 is 24.3 Å². The maximum Gasteiger partial charge on any atom is 0.442 e. The first-order valence-electron chi connectivity index (χ1n) is 15.8. The van der Waals surface area contributed by atoms with E-state index in [2.05, 4.69) is 46.7 Å². The summed E-state index contributed by atoms with van der Waals surface area (Å²) in [5.74, 6) is 0.111. The van der Waals surface area contributed by atoms with Gasteiger partial charge in [-0.2, -0.15) is 39.0 Å². The number of aryl methyl sites for hydroxylation is 3. The highest BCUT2D eigenvalue weighted by atomic mass is 32.1. The second-order valence-electron chi connectivity index (χ2n) is 10.3. The minimum absolute atomic E-state index is 0. The fourth-order valence-electron chi connectivity index (χ4n) is 3.59. The van der Waals surface area contributed by atoms with Crippen LogP contribution in [-0.2, 0) is 36.1 Å². The summed E-state index contributed by atoms with van der Waals surface area (Å²) in [5.41, 5.74) is 10.1. The summed E-state index contributed by atoms with van der Waals surface area (Å²) in [7, 11) is 0. The Morgan fingerprint density at radius 2 is 1.04 bits per heavy atom. The van der Waals surface area contributed by atoms with Gasteiger partial charge in [0.1, 0.15) is 0 Å². The second-order valence-corrected chi connectivity index (χ2v) is 10.9. The molecule has 1 aliphatic heterocycles. The molecule has 0 radical (unpaired) electrons. The van der Waals surface area contributed by atoms with Crippen molar-refractivity contribution in [1.82, 2.24) is 0 Å². The lowest BCUT2D eigenvalue weighted by Crippen LogP contribution is -2.30. The van der Waals surface area contributed by atoms with Gasteiger partial charge < -0.3 is 10.2 Å². The van der Waals surface area contributed by atoms with Crippen molar-refractivity contribution in [2.24, 2.45) is 10.2 Å². The molecule has 286 valence electrons. The largest absolute Gasteiger partial charge is 0.481 e. The van der Waals surface area contributed by atoms with Crippen LogP contribution >= 0.6 is 12.6 Å². The number of benzene rings is 3. The summed E-state index contributed by atoms with van der Waals surface area (Å²) >= 11 is 3.79. The van der Waals surface area contributed by atoms with E-state index in [1.54, 1.807) is 31.2 Å². The Labute approximate surface area is 303 Å². The molecule has 0 unspecified atom stereocenters. The van der Waals surface area contributed by atoms with Crippen LogP contribution in [0, 0.1) is 5.53 Å². The number of nitrogens with one attached hydrogen (secondary N) is 1. The van der Waals surface area contributed by atoms with Crippen LogP contribution in [0.2, 0.25) is 0 Å². The highest BCUT2D eigenvalue weighted by Gasteiger charge is 2.65. The molecule has 0 bridgehead atoms. The van der Waals surface area contributed by atoms with Crippen molar-refractivity contribution in [2.75, 3.05) is 12.4 Å². The van der Waals surface area contributed by atoms with Crippen LogP contribution in [0.3, 0.4) is 0 Å². The highest BCUT2D eigenvalue weighted by Crippen LogP contribution is 2.52. The lowest BCUT2D eigenvalue weighted by molar-refractivity contribution is -0.166. The van der Waals surface area contributed by atoms with Crippen LogP contribution in [0.5, 0.6) is 0 Å². The maximum absolute atomic E-state index is 12.6. The summed E-state index contributed by atoms with van der Waals surface area (Å²) in [5, 5.41) is 21.2. The van der Waals surface area contributed by atoms with Crippen LogP contribution in [0.1, 0.15) is 89.3 Å². The third-order valence-electron chi connectivity index (χ3n) is 6.24. The smallest absolute Gasteiger partial charge is 0.442 e. The van der Waals surface area contributed by atoms with Gasteiger partial charge in [-0.1, -0.05) is 95.8 Å². The predicted octanol–water partition coefficient (Wildman–Crippen LogP) is 10.7.